The molecular formula is C22H25N5O2S. The van der Waals surface area contributed by atoms with Crippen LogP contribution in [0.25, 0.3) is 22.3 Å². The van der Waals surface area contributed by atoms with Gasteiger partial charge in [0.05, 0.1) is 22.8 Å². The molecule has 4 aromatic rings. The van der Waals surface area contributed by atoms with Crippen molar-refractivity contribution in [3.8, 4) is 11.3 Å². The summed E-state index contributed by atoms with van der Waals surface area (Å²) in [5.74, 6) is 0. The molecule has 0 bridgehead atoms. The molecule has 0 fully saturated rings. The molecule has 0 aliphatic heterocycles. The minimum absolute atomic E-state index is 0.226. The van der Waals surface area contributed by atoms with E-state index in [0.29, 0.717) is 22.8 Å². The van der Waals surface area contributed by atoms with Crippen molar-refractivity contribution in [3.63, 3.8) is 0 Å². The van der Waals surface area contributed by atoms with Crippen molar-refractivity contribution < 1.29 is 8.42 Å². The lowest BCUT2D eigenvalue weighted by Gasteiger charge is -2.13. The molecule has 0 saturated carbocycles. The van der Waals surface area contributed by atoms with Gasteiger partial charge in [-0.3, -0.25) is 4.68 Å². The van der Waals surface area contributed by atoms with Gasteiger partial charge in [0.2, 0.25) is 0 Å². The molecular weight excluding hydrogens is 398 g/mol. The van der Waals surface area contributed by atoms with Gasteiger partial charge < -0.3 is 0 Å². The number of aromatic nitrogens is 5. The predicted molar refractivity (Wildman–Crippen MR) is 117 cm³/mol. The molecule has 0 N–H and O–H groups in total. The second kappa shape index (κ2) is 8.02. The van der Waals surface area contributed by atoms with Crippen LogP contribution in [0.15, 0.2) is 60.1 Å². The monoisotopic (exact) mass is 423 g/mol. The summed E-state index contributed by atoms with van der Waals surface area (Å²) in [5, 5.41) is 5.21. The van der Waals surface area contributed by atoms with Crippen LogP contribution < -0.4 is 0 Å². The second-order valence-electron chi connectivity index (χ2n) is 7.45. The smallest absolute Gasteiger partial charge is 0.269 e. The Balaban J connectivity index is 1.78. The Morgan fingerprint density at radius 1 is 1.07 bits per heavy atom. The zero-order valence-corrected chi connectivity index (χ0v) is 18.2. The molecule has 3 aromatic heterocycles. The predicted octanol–water partition coefficient (Wildman–Crippen LogP) is 4.59. The molecule has 8 heteroatoms. The highest BCUT2D eigenvalue weighted by molar-refractivity contribution is 7.90. The van der Waals surface area contributed by atoms with E-state index in [1.165, 1.54) is 16.5 Å². The highest BCUT2D eigenvalue weighted by Gasteiger charge is 2.22. The molecule has 0 amide bonds. The van der Waals surface area contributed by atoms with Gasteiger partial charge in [0.1, 0.15) is 6.33 Å². The number of rotatable bonds is 7. The zero-order valence-electron chi connectivity index (χ0n) is 17.4. The number of aryl methyl sites for hydroxylation is 1. The van der Waals surface area contributed by atoms with Crippen molar-refractivity contribution in [1.29, 1.82) is 0 Å². The molecule has 3 heterocycles. The Hall–Kier alpha value is -3.00. The fraction of sp³-hybridized carbons (Fsp3) is 0.318. The van der Waals surface area contributed by atoms with Crippen LogP contribution in [0.5, 0.6) is 0 Å². The van der Waals surface area contributed by atoms with Crippen LogP contribution in [0.2, 0.25) is 0 Å². The van der Waals surface area contributed by atoms with Crippen molar-refractivity contribution in [2.75, 3.05) is 0 Å². The molecule has 0 aliphatic rings. The largest absolute Gasteiger partial charge is 0.269 e. The minimum atomic E-state index is -3.75. The first-order valence-corrected chi connectivity index (χ1v) is 11.6. The van der Waals surface area contributed by atoms with Crippen LogP contribution in [-0.4, -0.2) is 32.1 Å². The van der Waals surface area contributed by atoms with Crippen LogP contribution in [0, 0.1) is 6.92 Å². The first-order valence-electron chi connectivity index (χ1n) is 10.1. The van der Waals surface area contributed by atoms with Gasteiger partial charge in [-0.2, -0.15) is 5.10 Å². The van der Waals surface area contributed by atoms with E-state index in [2.05, 4.69) is 28.9 Å². The van der Waals surface area contributed by atoms with Gasteiger partial charge in [0.15, 0.2) is 5.65 Å². The van der Waals surface area contributed by atoms with Crippen molar-refractivity contribution >= 4 is 21.1 Å². The molecule has 0 radical (unpaired) electrons. The van der Waals surface area contributed by atoms with E-state index in [1.54, 1.807) is 36.5 Å². The van der Waals surface area contributed by atoms with E-state index in [-0.39, 0.29) is 4.90 Å². The number of hydrogen-bond acceptors (Lipinski definition) is 5. The van der Waals surface area contributed by atoms with Gasteiger partial charge >= 0.3 is 0 Å². The van der Waals surface area contributed by atoms with E-state index in [0.717, 1.165) is 30.4 Å². The summed E-state index contributed by atoms with van der Waals surface area (Å²) >= 11 is 0. The molecule has 0 saturated heterocycles. The molecule has 1 atom stereocenters. The molecule has 30 heavy (non-hydrogen) atoms. The van der Waals surface area contributed by atoms with Crippen LogP contribution in [0.1, 0.15) is 44.7 Å². The van der Waals surface area contributed by atoms with Crippen molar-refractivity contribution in [2.45, 2.75) is 51.0 Å². The standard InChI is InChI=1S/C22H25N5O2S/c1-4-6-18(5-2)26-14-17(13-25-26)21-20-11-12-27(22(20)24-15-23-21)30(28,29)19-9-7-16(3)8-10-19/h7-15,18H,4-6H2,1-3H3. The second-order valence-corrected chi connectivity index (χ2v) is 9.26. The Morgan fingerprint density at radius 2 is 1.83 bits per heavy atom. The van der Waals surface area contributed by atoms with Crippen molar-refractivity contribution in [2.24, 2.45) is 0 Å². The molecule has 4 rings (SSSR count). The van der Waals surface area contributed by atoms with Crippen molar-refractivity contribution in [1.82, 2.24) is 23.7 Å². The lowest BCUT2D eigenvalue weighted by Crippen LogP contribution is -2.12. The van der Waals surface area contributed by atoms with E-state index in [1.807, 2.05) is 17.8 Å². The summed E-state index contributed by atoms with van der Waals surface area (Å²) < 4.78 is 29.5. The summed E-state index contributed by atoms with van der Waals surface area (Å²) in [6, 6.07) is 8.88. The van der Waals surface area contributed by atoms with Crippen LogP contribution >= 0.6 is 0 Å². The van der Waals surface area contributed by atoms with Crippen molar-refractivity contribution in [3.05, 3.63) is 60.8 Å². The summed E-state index contributed by atoms with van der Waals surface area (Å²) in [7, 11) is -3.75. The normalized spacial score (nSPS) is 13.0. The fourth-order valence-electron chi connectivity index (χ4n) is 3.69. The van der Waals surface area contributed by atoms with Gasteiger partial charge in [0.25, 0.3) is 10.0 Å². The first-order chi connectivity index (χ1) is 14.5. The quantitative estimate of drug-likeness (QED) is 0.434. The van der Waals surface area contributed by atoms with Crippen LogP contribution in [0.3, 0.4) is 0 Å². The maximum absolute atomic E-state index is 13.2. The number of hydrogen-bond donors (Lipinski definition) is 0. The molecule has 1 aromatic carbocycles. The van der Waals surface area contributed by atoms with E-state index in [9.17, 15) is 8.42 Å². The molecule has 0 spiro atoms. The van der Waals surface area contributed by atoms with Gasteiger partial charge in [0, 0.05) is 23.3 Å². The van der Waals surface area contributed by atoms with Gasteiger partial charge in [-0.1, -0.05) is 38.0 Å². The topological polar surface area (TPSA) is 82.7 Å². The van der Waals surface area contributed by atoms with E-state index in [4.69, 9.17) is 0 Å². The number of fused-ring (bicyclic) bond motifs is 1. The molecule has 0 aliphatic carbocycles. The zero-order chi connectivity index (χ0) is 21.3. The first kappa shape index (κ1) is 20.3. The molecule has 1 unspecified atom stereocenters. The number of nitrogens with zero attached hydrogens (tertiary/aromatic N) is 5. The highest BCUT2D eigenvalue weighted by Crippen LogP contribution is 2.29. The Kier molecular flexibility index (Phi) is 5.42. The highest BCUT2D eigenvalue weighted by atomic mass is 32.2. The lowest BCUT2D eigenvalue weighted by atomic mass is 10.1. The average molecular weight is 424 g/mol. The third-order valence-corrected chi connectivity index (χ3v) is 7.05. The Bertz CT molecular complexity index is 1270. The Morgan fingerprint density at radius 3 is 2.53 bits per heavy atom. The third kappa shape index (κ3) is 3.52. The average Bonchev–Trinajstić information content (AvgIpc) is 3.40. The Labute approximate surface area is 176 Å². The molecule has 7 nitrogen and oxygen atoms in total. The summed E-state index contributed by atoms with van der Waals surface area (Å²) in [5.41, 5.74) is 2.88. The van der Waals surface area contributed by atoms with Crippen LogP contribution in [0.4, 0.5) is 0 Å². The van der Waals surface area contributed by atoms with E-state index < -0.39 is 10.0 Å². The van der Waals surface area contributed by atoms with Gasteiger partial charge in [-0.15, -0.1) is 0 Å². The SMILES string of the molecule is CCCC(CC)n1cc(-c2ncnc3c2ccn3S(=O)(=O)c2ccc(C)cc2)cn1. The minimum Gasteiger partial charge on any atom is -0.269 e. The summed E-state index contributed by atoms with van der Waals surface area (Å²) in [4.78, 5) is 8.92. The lowest BCUT2D eigenvalue weighted by molar-refractivity contribution is 0.409. The maximum atomic E-state index is 13.2. The maximum Gasteiger partial charge on any atom is 0.269 e. The van der Waals surface area contributed by atoms with Crippen LogP contribution in [-0.2, 0) is 10.0 Å². The molecule has 156 valence electrons. The fourth-order valence-corrected chi connectivity index (χ4v) is 4.99. The summed E-state index contributed by atoms with van der Waals surface area (Å²) in [6.45, 7) is 6.24. The van der Waals surface area contributed by atoms with Gasteiger partial charge in [-0.25, -0.2) is 22.4 Å². The number of benzene rings is 1. The van der Waals surface area contributed by atoms with Gasteiger partial charge in [-0.05, 0) is 38.0 Å². The third-order valence-electron chi connectivity index (χ3n) is 5.37. The summed E-state index contributed by atoms with van der Waals surface area (Å²) in [6.07, 6.45) is 9.85. The van der Waals surface area contributed by atoms with E-state index >= 15 is 0 Å².